The lowest BCUT2D eigenvalue weighted by atomic mass is 10.2. The molecule has 3 heterocycles. The topological polar surface area (TPSA) is 276 Å². The fraction of sp³-hybridized carbons (Fsp3) is 0.400. The number of hydrogen-bond acceptors (Lipinski definition) is 13. The fourth-order valence-electron chi connectivity index (χ4n) is 2.50. The van der Waals surface area contributed by atoms with Crippen LogP contribution < -0.4 is 5.73 Å². The number of rotatable bonds is 8. The Hall–Kier alpha value is -1.65. The predicted octanol–water partition coefficient (Wildman–Crippen LogP) is -1.42. The molecule has 18 nitrogen and oxygen atoms in total. The van der Waals surface area contributed by atoms with Gasteiger partial charge in [0.1, 0.15) is 17.9 Å². The van der Waals surface area contributed by atoms with Crippen molar-refractivity contribution in [2.45, 2.75) is 18.4 Å². The van der Waals surface area contributed by atoms with Crippen molar-refractivity contribution in [2.75, 3.05) is 12.3 Å². The Kier molecular flexibility index (Phi) is 6.48. The summed E-state index contributed by atoms with van der Waals surface area (Å²) >= 11 is 0. The molecule has 172 valence electrons. The number of aliphatic hydroxyl groups excluding tert-OH is 1. The molecule has 3 rings (SSSR count). The van der Waals surface area contributed by atoms with Crippen LogP contribution in [0.3, 0.4) is 0 Å². The molecule has 5 atom stereocenters. The lowest BCUT2D eigenvalue weighted by Crippen LogP contribution is -2.28. The largest absolute Gasteiger partial charge is 0.490 e. The molecule has 0 aliphatic carbocycles. The number of hydrogen-bond donors (Lipinski definition) is 6. The Morgan fingerprint density at radius 2 is 1.77 bits per heavy atom. The first-order valence-corrected chi connectivity index (χ1v) is 12.3. The van der Waals surface area contributed by atoms with E-state index in [9.17, 15) is 28.5 Å². The molecule has 0 spiro atoms. The van der Waals surface area contributed by atoms with Crippen molar-refractivity contribution in [3.8, 4) is 0 Å². The SMILES string of the molecule is Nc1ncnc2c1ncn2[C@@H]1O[C@H](COP(=O)(O)OP(=O)(O)OP(=O)(O)O)C(=O)[C@H]1O. The number of phosphoric ester groups is 1. The average Bonchev–Trinajstić information content (AvgIpc) is 3.13. The second-order valence-electron chi connectivity index (χ2n) is 5.83. The van der Waals surface area contributed by atoms with Crippen LogP contribution in [0.1, 0.15) is 6.23 Å². The third-order valence-corrected chi connectivity index (χ3v) is 7.45. The number of aliphatic hydroxyl groups is 1. The average molecular weight is 505 g/mol. The van der Waals surface area contributed by atoms with Gasteiger partial charge in [0.15, 0.2) is 29.6 Å². The number of ketones is 1. The number of Topliss-reactive ketones (excluding diaryl/α,β-unsaturated/α-hetero) is 1. The molecule has 1 saturated heterocycles. The number of fused-ring (bicyclic) bond motifs is 1. The molecule has 31 heavy (non-hydrogen) atoms. The zero-order valence-electron chi connectivity index (χ0n) is 14.8. The minimum Gasteiger partial charge on any atom is -0.382 e. The number of nitrogens with zero attached hydrogens (tertiary/aromatic N) is 4. The number of ether oxygens (including phenoxy) is 1. The van der Waals surface area contributed by atoms with Gasteiger partial charge in [-0.15, -0.1) is 0 Å². The molecule has 0 radical (unpaired) electrons. The van der Waals surface area contributed by atoms with Crippen LogP contribution in [-0.2, 0) is 36.4 Å². The van der Waals surface area contributed by atoms with Gasteiger partial charge in [-0.2, -0.15) is 8.62 Å². The molecule has 2 aromatic heterocycles. The standard InChI is InChI=1S/C10H14N5O13P3/c11-8-5-9(13-2-12-8)15(3-14-5)10-7(17)6(16)4(26-10)1-25-30(21,22)28-31(23,24)27-29(18,19)20/h2-4,7,10,17H,1H2,(H,21,22)(H,23,24)(H2,11,12,13)(H2,18,19,20)/t4-,7-,10-/m1/s1. The Morgan fingerprint density at radius 1 is 1.10 bits per heavy atom. The van der Waals surface area contributed by atoms with E-state index < -0.39 is 54.3 Å². The van der Waals surface area contributed by atoms with Gasteiger partial charge in [0.05, 0.1) is 12.9 Å². The summed E-state index contributed by atoms with van der Waals surface area (Å²) in [5.41, 5.74) is 5.91. The van der Waals surface area contributed by atoms with Crippen LogP contribution in [0.2, 0.25) is 0 Å². The maximum absolute atomic E-state index is 12.2. The Bertz CT molecular complexity index is 1150. The van der Waals surface area contributed by atoms with E-state index in [0.29, 0.717) is 0 Å². The molecule has 2 unspecified atom stereocenters. The zero-order valence-corrected chi connectivity index (χ0v) is 17.5. The fourth-order valence-corrected chi connectivity index (χ4v) is 5.52. The van der Waals surface area contributed by atoms with Gasteiger partial charge in [0.25, 0.3) is 0 Å². The lowest BCUT2D eigenvalue weighted by Gasteiger charge is -2.18. The maximum Gasteiger partial charge on any atom is 0.490 e. The van der Waals surface area contributed by atoms with Gasteiger partial charge < -0.3 is 35.2 Å². The summed E-state index contributed by atoms with van der Waals surface area (Å²) in [7, 11) is -16.8. The van der Waals surface area contributed by atoms with Gasteiger partial charge in [-0.25, -0.2) is 28.6 Å². The highest BCUT2D eigenvalue weighted by Gasteiger charge is 2.46. The summed E-state index contributed by atoms with van der Waals surface area (Å²) in [6.45, 7) is -1.06. The lowest BCUT2D eigenvalue weighted by molar-refractivity contribution is -0.128. The number of nitrogen functional groups attached to an aromatic ring is 1. The van der Waals surface area contributed by atoms with Crippen LogP contribution in [-0.4, -0.2) is 68.8 Å². The number of nitrogens with two attached hydrogens (primary N) is 1. The summed E-state index contributed by atoms with van der Waals surface area (Å²) in [4.78, 5) is 59.3. The molecular weight excluding hydrogens is 491 g/mol. The minimum atomic E-state index is -5.72. The summed E-state index contributed by atoms with van der Waals surface area (Å²) < 4.78 is 51.6. The summed E-state index contributed by atoms with van der Waals surface area (Å²) in [6.07, 6.45) is -2.57. The van der Waals surface area contributed by atoms with Gasteiger partial charge in [-0.3, -0.25) is 13.9 Å². The highest BCUT2D eigenvalue weighted by Crippen LogP contribution is 2.66. The zero-order chi connectivity index (χ0) is 23.2. The molecular formula is C10H14N5O13P3. The summed E-state index contributed by atoms with van der Waals surface area (Å²) in [5, 5.41) is 10.2. The molecule has 0 saturated carbocycles. The van der Waals surface area contributed by atoms with Crippen molar-refractivity contribution in [3.63, 3.8) is 0 Å². The molecule has 1 aliphatic rings. The van der Waals surface area contributed by atoms with Gasteiger partial charge >= 0.3 is 23.5 Å². The van der Waals surface area contributed by atoms with Crippen LogP contribution in [0.15, 0.2) is 12.7 Å². The number of anilines is 1. The number of aromatic nitrogens is 4. The highest BCUT2D eigenvalue weighted by molar-refractivity contribution is 7.66. The third kappa shape index (κ3) is 5.59. The number of phosphoric acid groups is 3. The van der Waals surface area contributed by atoms with E-state index >= 15 is 0 Å². The van der Waals surface area contributed by atoms with Gasteiger partial charge in [0, 0.05) is 0 Å². The molecule has 7 N–H and O–H groups in total. The Morgan fingerprint density at radius 3 is 2.42 bits per heavy atom. The molecule has 2 aromatic rings. The van der Waals surface area contributed by atoms with Crippen molar-refractivity contribution < 1.29 is 61.1 Å². The van der Waals surface area contributed by atoms with Gasteiger partial charge in [-0.1, -0.05) is 0 Å². The summed E-state index contributed by atoms with van der Waals surface area (Å²) in [6, 6.07) is 0. The number of carbonyl (C=O) groups excluding carboxylic acids is 1. The summed E-state index contributed by atoms with van der Waals surface area (Å²) in [5.74, 6) is -0.973. The van der Waals surface area contributed by atoms with E-state index in [1.165, 1.54) is 0 Å². The highest BCUT2D eigenvalue weighted by atomic mass is 31.3. The number of carbonyl (C=O) groups is 1. The maximum atomic E-state index is 12.2. The quantitative estimate of drug-likeness (QED) is 0.224. The van der Waals surface area contributed by atoms with Crippen LogP contribution in [0, 0.1) is 0 Å². The van der Waals surface area contributed by atoms with Crippen LogP contribution in [0.5, 0.6) is 0 Å². The van der Waals surface area contributed by atoms with Crippen LogP contribution in [0.25, 0.3) is 11.2 Å². The monoisotopic (exact) mass is 505 g/mol. The first-order valence-electron chi connectivity index (χ1n) is 7.78. The van der Waals surface area contributed by atoms with E-state index in [2.05, 4.69) is 28.1 Å². The second-order valence-corrected chi connectivity index (χ2v) is 10.3. The van der Waals surface area contributed by atoms with E-state index in [1.54, 1.807) is 0 Å². The first kappa shape index (κ1) is 24.0. The predicted molar refractivity (Wildman–Crippen MR) is 94.5 cm³/mol. The van der Waals surface area contributed by atoms with E-state index in [-0.39, 0.29) is 17.0 Å². The van der Waals surface area contributed by atoms with Crippen molar-refractivity contribution in [3.05, 3.63) is 12.7 Å². The molecule has 0 aromatic carbocycles. The van der Waals surface area contributed by atoms with Crippen molar-refractivity contribution in [1.82, 2.24) is 19.5 Å². The molecule has 21 heteroatoms. The van der Waals surface area contributed by atoms with Crippen molar-refractivity contribution in [1.29, 1.82) is 0 Å². The minimum absolute atomic E-state index is 0.0202. The van der Waals surface area contributed by atoms with Gasteiger partial charge in [-0.05, 0) is 0 Å². The Balaban J connectivity index is 1.70. The van der Waals surface area contributed by atoms with Crippen molar-refractivity contribution >= 4 is 46.2 Å². The van der Waals surface area contributed by atoms with E-state index in [1.807, 2.05) is 0 Å². The van der Waals surface area contributed by atoms with E-state index in [4.69, 9.17) is 25.2 Å². The Labute approximate surface area is 171 Å². The second kappa shape index (κ2) is 8.37. The molecule has 1 aliphatic heterocycles. The first-order chi connectivity index (χ1) is 14.2. The molecule has 0 amide bonds. The van der Waals surface area contributed by atoms with Gasteiger partial charge in [0.2, 0.25) is 0 Å². The van der Waals surface area contributed by atoms with Crippen molar-refractivity contribution in [2.24, 2.45) is 0 Å². The van der Waals surface area contributed by atoms with Crippen LogP contribution in [0.4, 0.5) is 5.82 Å². The number of imidazole rings is 1. The molecule has 0 bridgehead atoms. The smallest absolute Gasteiger partial charge is 0.382 e. The molecule has 1 fully saturated rings. The normalized spacial score (nSPS) is 26.1. The third-order valence-electron chi connectivity index (χ3n) is 3.65. The van der Waals surface area contributed by atoms with Crippen LogP contribution >= 0.6 is 23.5 Å². The van der Waals surface area contributed by atoms with E-state index in [0.717, 1.165) is 17.2 Å².